The summed E-state index contributed by atoms with van der Waals surface area (Å²) in [5.41, 5.74) is 0.916. The number of amides is 1. The van der Waals surface area contributed by atoms with Crippen LogP contribution in [0.2, 0.25) is 0 Å². The van der Waals surface area contributed by atoms with Crippen LogP contribution in [0, 0.1) is 11.8 Å². The lowest BCUT2D eigenvalue weighted by Crippen LogP contribution is -2.36. The van der Waals surface area contributed by atoms with Crippen LogP contribution in [-0.2, 0) is 21.2 Å². The molecule has 6 nitrogen and oxygen atoms in total. The van der Waals surface area contributed by atoms with Crippen molar-refractivity contribution in [2.75, 3.05) is 33.3 Å². The molecule has 0 aromatic heterocycles. The van der Waals surface area contributed by atoms with E-state index in [4.69, 9.17) is 4.74 Å². The van der Waals surface area contributed by atoms with Gasteiger partial charge >= 0.3 is 0 Å². The number of carbonyl (C=O) groups is 1. The van der Waals surface area contributed by atoms with Gasteiger partial charge < -0.3 is 9.64 Å². The molecule has 1 aromatic rings. The molecule has 0 N–H and O–H groups in total. The number of nitrogens with zero attached hydrogens (tertiary/aromatic N) is 2. The number of fused-ring (bicyclic) bond motifs is 1. The Kier molecular flexibility index (Phi) is 6.11. The number of rotatable bonds is 5. The minimum atomic E-state index is -3.24. The smallest absolute Gasteiger partial charge is 0.226 e. The molecular formula is C20H30N2O4S. The van der Waals surface area contributed by atoms with Gasteiger partial charge in [0.05, 0.1) is 18.8 Å². The van der Waals surface area contributed by atoms with E-state index in [9.17, 15) is 13.2 Å². The quantitative estimate of drug-likeness (QED) is 0.767. The molecule has 0 aliphatic carbocycles. The summed E-state index contributed by atoms with van der Waals surface area (Å²) in [6.45, 7) is 6.43. The van der Waals surface area contributed by atoms with Crippen LogP contribution in [0.4, 0.5) is 0 Å². The lowest BCUT2D eigenvalue weighted by molar-refractivity contribution is -0.130. The van der Waals surface area contributed by atoms with E-state index in [1.165, 1.54) is 0 Å². The van der Waals surface area contributed by atoms with Crippen LogP contribution < -0.4 is 4.74 Å². The second kappa shape index (κ2) is 8.19. The highest BCUT2D eigenvalue weighted by atomic mass is 32.2. The number of methoxy groups -OCH3 is 1. The van der Waals surface area contributed by atoms with Crippen molar-refractivity contribution in [2.24, 2.45) is 11.8 Å². The first-order chi connectivity index (χ1) is 12.8. The Balaban J connectivity index is 1.64. The zero-order valence-corrected chi connectivity index (χ0v) is 17.2. The molecule has 2 fully saturated rings. The number of benzene rings is 1. The highest BCUT2D eigenvalue weighted by Crippen LogP contribution is 2.34. The second-order valence-corrected chi connectivity index (χ2v) is 10.2. The molecule has 2 atom stereocenters. The molecule has 2 saturated heterocycles. The van der Waals surface area contributed by atoms with E-state index in [2.05, 4.69) is 0 Å². The molecule has 150 valence electrons. The Hall–Kier alpha value is -1.60. The number of carbonyl (C=O) groups excluding carboxylic acids is 1. The van der Waals surface area contributed by atoms with Gasteiger partial charge in [0.2, 0.25) is 15.9 Å². The average Bonchev–Trinajstić information content (AvgIpc) is 2.77. The minimum Gasteiger partial charge on any atom is -0.497 e. The van der Waals surface area contributed by atoms with Gasteiger partial charge in [0.1, 0.15) is 5.75 Å². The Morgan fingerprint density at radius 1 is 1.26 bits per heavy atom. The standard InChI is InChI=1S/C20H30N2O4S/c1-15(2)13-22-14-17-7-9-21(10-8-19(17)27(22,24)25)20(23)12-16-5-4-6-18(11-16)26-3/h4-6,11,15,17,19H,7-10,12-14H2,1-3H3/t17-,19-/m0/s1. The summed E-state index contributed by atoms with van der Waals surface area (Å²) in [5.74, 6) is 1.24. The summed E-state index contributed by atoms with van der Waals surface area (Å²) in [7, 11) is -1.64. The van der Waals surface area contributed by atoms with Gasteiger partial charge in [-0.2, -0.15) is 0 Å². The fourth-order valence-corrected chi connectivity index (χ4v) is 6.60. The maximum absolute atomic E-state index is 12.9. The third-order valence-electron chi connectivity index (χ3n) is 5.57. The molecule has 0 bridgehead atoms. The van der Waals surface area contributed by atoms with Gasteiger partial charge in [-0.25, -0.2) is 12.7 Å². The summed E-state index contributed by atoms with van der Waals surface area (Å²) in [6.07, 6.45) is 1.60. The van der Waals surface area contributed by atoms with Gasteiger partial charge in [0, 0.05) is 26.2 Å². The van der Waals surface area contributed by atoms with Crippen molar-refractivity contribution in [3.8, 4) is 5.75 Å². The molecule has 0 saturated carbocycles. The van der Waals surface area contributed by atoms with Crippen molar-refractivity contribution in [3.63, 3.8) is 0 Å². The van der Waals surface area contributed by atoms with Crippen molar-refractivity contribution in [1.29, 1.82) is 0 Å². The van der Waals surface area contributed by atoms with Gasteiger partial charge in [-0.1, -0.05) is 26.0 Å². The average molecular weight is 395 g/mol. The molecule has 0 spiro atoms. The predicted octanol–water partition coefficient (Wildman–Crippen LogP) is 2.15. The highest BCUT2D eigenvalue weighted by Gasteiger charge is 2.47. The van der Waals surface area contributed by atoms with E-state index in [1.807, 2.05) is 43.0 Å². The van der Waals surface area contributed by atoms with E-state index < -0.39 is 10.0 Å². The Bertz CT molecular complexity index is 778. The molecule has 1 aromatic carbocycles. The van der Waals surface area contributed by atoms with Crippen LogP contribution in [-0.4, -0.2) is 62.1 Å². The van der Waals surface area contributed by atoms with Crippen LogP contribution in [0.1, 0.15) is 32.3 Å². The lowest BCUT2D eigenvalue weighted by atomic mass is 10.0. The summed E-state index contributed by atoms with van der Waals surface area (Å²) >= 11 is 0. The van der Waals surface area contributed by atoms with Gasteiger partial charge in [0.15, 0.2) is 0 Å². The van der Waals surface area contributed by atoms with Crippen molar-refractivity contribution in [3.05, 3.63) is 29.8 Å². The summed E-state index contributed by atoms with van der Waals surface area (Å²) in [5, 5.41) is -0.342. The molecule has 3 rings (SSSR count). The van der Waals surface area contributed by atoms with Gasteiger partial charge in [-0.15, -0.1) is 0 Å². The molecular weight excluding hydrogens is 364 g/mol. The van der Waals surface area contributed by atoms with Crippen molar-refractivity contribution in [1.82, 2.24) is 9.21 Å². The normalized spacial score (nSPS) is 25.3. The van der Waals surface area contributed by atoms with E-state index in [1.54, 1.807) is 11.4 Å². The zero-order chi connectivity index (χ0) is 19.6. The van der Waals surface area contributed by atoms with Crippen LogP contribution in [0.5, 0.6) is 5.75 Å². The van der Waals surface area contributed by atoms with Crippen LogP contribution in [0.25, 0.3) is 0 Å². The van der Waals surface area contributed by atoms with E-state index in [0.717, 1.165) is 17.7 Å². The van der Waals surface area contributed by atoms with Gasteiger partial charge in [-0.05, 0) is 42.4 Å². The first kappa shape index (κ1) is 20.1. The lowest BCUT2D eigenvalue weighted by Gasteiger charge is -2.23. The first-order valence-corrected chi connectivity index (χ1v) is 11.2. The van der Waals surface area contributed by atoms with Crippen LogP contribution in [0.3, 0.4) is 0 Å². The van der Waals surface area contributed by atoms with Crippen LogP contribution >= 0.6 is 0 Å². The van der Waals surface area contributed by atoms with Crippen molar-refractivity contribution in [2.45, 2.75) is 38.4 Å². The van der Waals surface area contributed by atoms with Crippen LogP contribution in [0.15, 0.2) is 24.3 Å². The van der Waals surface area contributed by atoms with E-state index >= 15 is 0 Å². The number of hydrogen-bond donors (Lipinski definition) is 0. The molecule has 7 heteroatoms. The summed E-state index contributed by atoms with van der Waals surface area (Å²) in [4.78, 5) is 14.6. The first-order valence-electron chi connectivity index (χ1n) is 9.71. The zero-order valence-electron chi connectivity index (χ0n) is 16.4. The van der Waals surface area contributed by atoms with E-state index in [0.29, 0.717) is 44.9 Å². The molecule has 0 radical (unpaired) electrons. The fourth-order valence-electron chi connectivity index (χ4n) is 4.20. The number of sulfonamides is 1. The maximum Gasteiger partial charge on any atom is 0.226 e. The molecule has 27 heavy (non-hydrogen) atoms. The number of ether oxygens (including phenoxy) is 1. The van der Waals surface area contributed by atoms with Crippen molar-refractivity contribution < 1.29 is 17.9 Å². The minimum absolute atomic E-state index is 0.0552. The Morgan fingerprint density at radius 3 is 2.70 bits per heavy atom. The third-order valence-corrected chi connectivity index (χ3v) is 7.97. The monoisotopic (exact) mass is 394 g/mol. The van der Waals surface area contributed by atoms with Gasteiger partial charge in [-0.3, -0.25) is 4.79 Å². The molecule has 2 aliphatic rings. The second-order valence-electron chi connectivity index (χ2n) is 8.04. The third kappa shape index (κ3) is 4.46. The maximum atomic E-state index is 12.9. The topological polar surface area (TPSA) is 66.9 Å². The predicted molar refractivity (Wildman–Crippen MR) is 105 cm³/mol. The Morgan fingerprint density at radius 2 is 2.00 bits per heavy atom. The highest BCUT2D eigenvalue weighted by molar-refractivity contribution is 7.90. The molecule has 2 aliphatic heterocycles. The molecule has 1 amide bonds. The Labute approximate surface area is 162 Å². The van der Waals surface area contributed by atoms with Crippen molar-refractivity contribution >= 4 is 15.9 Å². The number of hydrogen-bond acceptors (Lipinski definition) is 4. The van der Waals surface area contributed by atoms with E-state index in [-0.39, 0.29) is 17.1 Å². The SMILES string of the molecule is COc1cccc(CC(=O)N2CC[C@H]3CN(CC(C)C)S(=O)(=O)[C@H]3CC2)c1. The van der Waals surface area contributed by atoms with Gasteiger partial charge in [0.25, 0.3) is 0 Å². The largest absolute Gasteiger partial charge is 0.497 e. The summed E-state index contributed by atoms with van der Waals surface area (Å²) < 4.78 is 32.6. The molecule has 2 heterocycles. The fraction of sp³-hybridized carbons (Fsp3) is 0.650. The molecule has 0 unspecified atom stereocenters. The summed E-state index contributed by atoms with van der Waals surface area (Å²) in [6, 6.07) is 7.53. The number of likely N-dealkylation sites (tertiary alicyclic amines) is 1.